The summed E-state index contributed by atoms with van der Waals surface area (Å²) in [6, 6.07) is 0.203. The van der Waals surface area contributed by atoms with Crippen LogP contribution in [0, 0.1) is 6.92 Å². The lowest BCUT2D eigenvalue weighted by molar-refractivity contribution is -0.121. The summed E-state index contributed by atoms with van der Waals surface area (Å²) in [5.74, 6) is 1.17. The maximum Gasteiger partial charge on any atom is 0.226 e. The van der Waals surface area contributed by atoms with Crippen LogP contribution in [0.5, 0.6) is 0 Å². The van der Waals surface area contributed by atoms with E-state index in [9.17, 15) is 4.79 Å². The number of hydrogen-bond donors (Lipinski definition) is 1. The van der Waals surface area contributed by atoms with Crippen LogP contribution in [-0.4, -0.2) is 26.5 Å². The monoisotopic (exact) mass is 276 g/mol. The average molecular weight is 276 g/mol. The highest BCUT2D eigenvalue weighted by Gasteiger charge is 2.20. The molecule has 5 nitrogen and oxygen atoms in total. The molecule has 0 fully saturated rings. The van der Waals surface area contributed by atoms with Crippen molar-refractivity contribution in [2.75, 3.05) is 0 Å². The van der Waals surface area contributed by atoms with Gasteiger partial charge in [-0.15, -0.1) is 11.3 Å². The predicted octanol–water partition coefficient (Wildman–Crippen LogP) is 1.32. The van der Waals surface area contributed by atoms with Crippen molar-refractivity contribution in [3.8, 4) is 0 Å². The van der Waals surface area contributed by atoms with Crippen molar-refractivity contribution in [1.29, 1.82) is 0 Å². The third kappa shape index (κ3) is 2.84. The van der Waals surface area contributed by atoms with Gasteiger partial charge in [0.2, 0.25) is 5.91 Å². The van der Waals surface area contributed by atoms with Crippen molar-refractivity contribution in [3.63, 3.8) is 0 Å². The summed E-state index contributed by atoms with van der Waals surface area (Å²) in [6.45, 7) is 2.77. The van der Waals surface area contributed by atoms with E-state index < -0.39 is 0 Å². The van der Waals surface area contributed by atoms with Crippen LogP contribution in [0.25, 0.3) is 0 Å². The molecule has 1 aliphatic rings. The first kappa shape index (κ1) is 12.3. The molecule has 0 radical (unpaired) electrons. The lowest BCUT2D eigenvalue weighted by atomic mass is 10.1. The van der Waals surface area contributed by atoms with Crippen molar-refractivity contribution in [2.24, 2.45) is 0 Å². The molecule has 1 amide bonds. The van der Waals surface area contributed by atoms with Crippen molar-refractivity contribution < 1.29 is 4.79 Å². The second-order valence-corrected chi connectivity index (χ2v) is 5.90. The molecule has 0 spiro atoms. The largest absolute Gasteiger partial charge is 0.351 e. The summed E-state index contributed by atoms with van der Waals surface area (Å²) in [4.78, 5) is 20.6. The van der Waals surface area contributed by atoms with Gasteiger partial charge in [0.05, 0.1) is 17.1 Å². The SMILES string of the molecule is Cc1nc(CC(=O)N[C@H]2CCc3nccn3C2)cs1. The smallest absolute Gasteiger partial charge is 0.226 e. The number of thiazole rings is 1. The fourth-order valence-electron chi connectivity index (χ4n) is 2.42. The summed E-state index contributed by atoms with van der Waals surface area (Å²) in [7, 11) is 0. The Morgan fingerprint density at radius 3 is 3.32 bits per heavy atom. The van der Waals surface area contributed by atoms with E-state index >= 15 is 0 Å². The Morgan fingerprint density at radius 2 is 2.53 bits per heavy atom. The van der Waals surface area contributed by atoms with Crippen LogP contribution >= 0.6 is 11.3 Å². The third-order valence-electron chi connectivity index (χ3n) is 3.31. The first-order chi connectivity index (χ1) is 9.20. The molecule has 2 aromatic rings. The Balaban J connectivity index is 1.56. The molecule has 1 N–H and O–H groups in total. The van der Waals surface area contributed by atoms with Gasteiger partial charge in [-0.3, -0.25) is 4.79 Å². The van der Waals surface area contributed by atoms with E-state index in [4.69, 9.17) is 0 Å². The number of rotatable bonds is 3. The molecule has 0 saturated heterocycles. The molecule has 0 unspecified atom stereocenters. The Hall–Kier alpha value is -1.69. The van der Waals surface area contributed by atoms with Gasteiger partial charge in [-0.25, -0.2) is 9.97 Å². The van der Waals surface area contributed by atoms with E-state index in [2.05, 4.69) is 19.9 Å². The average Bonchev–Trinajstić information content (AvgIpc) is 2.97. The standard InChI is InChI=1S/C13H16N4OS/c1-9-15-11(8-19-9)6-13(18)16-10-2-3-12-14-4-5-17(12)7-10/h4-5,8,10H,2-3,6-7H2,1H3,(H,16,18)/t10-/m0/s1. The highest BCUT2D eigenvalue weighted by atomic mass is 32.1. The molecule has 0 saturated carbocycles. The summed E-state index contributed by atoms with van der Waals surface area (Å²) < 4.78 is 2.11. The van der Waals surface area contributed by atoms with Gasteiger partial charge in [-0.2, -0.15) is 0 Å². The fourth-order valence-corrected chi connectivity index (χ4v) is 3.03. The van der Waals surface area contributed by atoms with Crippen molar-refractivity contribution in [2.45, 2.75) is 38.8 Å². The number of carbonyl (C=O) groups is 1. The highest BCUT2D eigenvalue weighted by Crippen LogP contribution is 2.13. The molecule has 3 heterocycles. The van der Waals surface area contributed by atoms with Crippen molar-refractivity contribution in [1.82, 2.24) is 19.9 Å². The van der Waals surface area contributed by atoms with Crippen LogP contribution < -0.4 is 5.32 Å². The Kier molecular flexibility index (Phi) is 3.33. The van der Waals surface area contributed by atoms with Gasteiger partial charge in [0.1, 0.15) is 5.82 Å². The van der Waals surface area contributed by atoms with E-state index in [0.717, 1.165) is 35.9 Å². The molecular weight excluding hydrogens is 260 g/mol. The van der Waals surface area contributed by atoms with E-state index in [1.807, 2.05) is 24.7 Å². The lowest BCUT2D eigenvalue weighted by Gasteiger charge is -2.24. The van der Waals surface area contributed by atoms with E-state index in [0.29, 0.717) is 6.42 Å². The number of hydrogen-bond acceptors (Lipinski definition) is 4. The van der Waals surface area contributed by atoms with Crippen molar-refractivity contribution in [3.05, 3.63) is 34.3 Å². The number of nitrogens with one attached hydrogen (secondary N) is 1. The lowest BCUT2D eigenvalue weighted by Crippen LogP contribution is -2.41. The zero-order valence-corrected chi connectivity index (χ0v) is 11.6. The van der Waals surface area contributed by atoms with Crippen molar-refractivity contribution >= 4 is 17.2 Å². The van der Waals surface area contributed by atoms with Gasteiger partial charge in [0, 0.05) is 36.8 Å². The van der Waals surface area contributed by atoms with E-state index in [-0.39, 0.29) is 11.9 Å². The number of nitrogens with zero attached hydrogens (tertiary/aromatic N) is 3. The number of aryl methyl sites for hydroxylation is 2. The molecule has 19 heavy (non-hydrogen) atoms. The van der Waals surface area contributed by atoms with Crippen LogP contribution in [0.2, 0.25) is 0 Å². The maximum atomic E-state index is 12.0. The molecular formula is C13H16N4OS. The first-order valence-corrected chi connectivity index (χ1v) is 7.29. The van der Waals surface area contributed by atoms with Gasteiger partial charge in [0.15, 0.2) is 0 Å². The van der Waals surface area contributed by atoms with Gasteiger partial charge < -0.3 is 9.88 Å². The summed E-state index contributed by atoms with van der Waals surface area (Å²) in [5, 5.41) is 6.04. The fraction of sp³-hybridized carbons (Fsp3) is 0.462. The number of amides is 1. The quantitative estimate of drug-likeness (QED) is 0.920. The molecule has 0 aliphatic carbocycles. The van der Waals surface area contributed by atoms with Gasteiger partial charge in [-0.1, -0.05) is 0 Å². The Morgan fingerprint density at radius 1 is 1.63 bits per heavy atom. The summed E-state index contributed by atoms with van der Waals surface area (Å²) in [5.41, 5.74) is 0.860. The van der Waals surface area contributed by atoms with Gasteiger partial charge >= 0.3 is 0 Å². The number of imidazole rings is 1. The number of carbonyl (C=O) groups excluding carboxylic acids is 1. The second kappa shape index (κ2) is 5.13. The predicted molar refractivity (Wildman–Crippen MR) is 73.0 cm³/mol. The second-order valence-electron chi connectivity index (χ2n) is 4.83. The Bertz CT molecular complexity index is 589. The maximum absolute atomic E-state index is 12.0. The molecule has 0 bridgehead atoms. The Labute approximate surface area is 115 Å². The molecule has 6 heteroatoms. The molecule has 100 valence electrons. The molecule has 1 aliphatic heterocycles. The zero-order chi connectivity index (χ0) is 13.2. The zero-order valence-electron chi connectivity index (χ0n) is 10.8. The van der Waals surface area contributed by atoms with Gasteiger partial charge in [0.25, 0.3) is 0 Å². The highest BCUT2D eigenvalue weighted by molar-refractivity contribution is 7.09. The van der Waals surface area contributed by atoms with Crippen LogP contribution in [0.3, 0.4) is 0 Å². The molecule has 3 rings (SSSR count). The summed E-state index contributed by atoms with van der Waals surface area (Å²) in [6.07, 6.45) is 6.04. The molecule has 0 aromatic carbocycles. The third-order valence-corrected chi connectivity index (χ3v) is 4.13. The van der Waals surface area contributed by atoms with Crippen LogP contribution in [0.1, 0.15) is 22.9 Å². The minimum atomic E-state index is 0.0545. The van der Waals surface area contributed by atoms with E-state index in [1.165, 1.54) is 0 Å². The van der Waals surface area contributed by atoms with Crippen LogP contribution in [0.15, 0.2) is 17.8 Å². The molecule has 2 aromatic heterocycles. The number of fused-ring (bicyclic) bond motifs is 1. The summed E-state index contributed by atoms with van der Waals surface area (Å²) >= 11 is 1.58. The van der Waals surface area contributed by atoms with Gasteiger partial charge in [-0.05, 0) is 13.3 Å². The first-order valence-electron chi connectivity index (χ1n) is 6.41. The van der Waals surface area contributed by atoms with Crippen LogP contribution in [0.4, 0.5) is 0 Å². The minimum absolute atomic E-state index is 0.0545. The van der Waals surface area contributed by atoms with Crippen LogP contribution in [-0.2, 0) is 24.2 Å². The topological polar surface area (TPSA) is 59.8 Å². The van der Waals surface area contributed by atoms with E-state index in [1.54, 1.807) is 11.3 Å². The normalized spacial score (nSPS) is 18.1. The minimum Gasteiger partial charge on any atom is -0.351 e. The number of aromatic nitrogens is 3. The molecule has 1 atom stereocenters.